The van der Waals surface area contributed by atoms with E-state index in [1.165, 1.54) is 7.11 Å². The maximum absolute atomic E-state index is 10.8. The van der Waals surface area contributed by atoms with E-state index in [1.807, 2.05) is 20.8 Å². The number of carboxylic acids is 1. The lowest BCUT2D eigenvalue weighted by Crippen LogP contribution is -2.36. The number of carbonyl (C=O) groups excluding carboxylic acids is 1. The number of carboxylic acid groups (broad SMARTS) is 1. The molecule has 0 aromatic carbocycles. The molecule has 0 spiro atoms. The van der Waals surface area contributed by atoms with Crippen LogP contribution in [0.4, 0.5) is 4.79 Å². The number of nitrogens with one attached hydrogen (secondary N) is 1. The van der Waals surface area contributed by atoms with Crippen molar-refractivity contribution in [1.82, 2.24) is 5.32 Å². The minimum Gasteiger partial charge on any atom is -0.481 e. The fourth-order valence-electron chi connectivity index (χ4n) is 1.17. The van der Waals surface area contributed by atoms with E-state index in [0.29, 0.717) is 6.54 Å². The Morgan fingerprint density at radius 3 is 2.27 bits per heavy atom. The number of ether oxygens (including phenoxy) is 1. The molecule has 5 heteroatoms. The first-order valence-electron chi connectivity index (χ1n) is 4.81. The first-order chi connectivity index (χ1) is 6.77. The van der Waals surface area contributed by atoms with Gasteiger partial charge in [-0.1, -0.05) is 20.8 Å². The molecule has 88 valence electrons. The number of methoxy groups -OCH3 is 1. The van der Waals surface area contributed by atoms with Crippen molar-refractivity contribution in [2.24, 2.45) is 11.3 Å². The number of aliphatic carboxylic acids is 1. The Morgan fingerprint density at radius 1 is 1.40 bits per heavy atom. The molecule has 0 saturated heterocycles. The Hall–Kier alpha value is -1.26. The lowest BCUT2D eigenvalue weighted by atomic mass is 9.79. The third-order valence-corrected chi connectivity index (χ3v) is 2.32. The maximum Gasteiger partial charge on any atom is 0.406 e. The molecule has 0 fully saturated rings. The molecule has 1 unspecified atom stereocenters. The van der Waals surface area contributed by atoms with Gasteiger partial charge in [0.2, 0.25) is 0 Å². The summed E-state index contributed by atoms with van der Waals surface area (Å²) in [5.41, 5.74) is -0.167. The van der Waals surface area contributed by atoms with Gasteiger partial charge in [0.25, 0.3) is 0 Å². The average molecular weight is 217 g/mol. The van der Waals surface area contributed by atoms with Crippen molar-refractivity contribution in [2.75, 3.05) is 13.7 Å². The van der Waals surface area contributed by atoms with Crippen LogP contribution in [0.2, 0.25) is 0 Å². The molecule has 0 rings (SSSR count). The van der Waals surface area contributed by atoms with Crippen LogP contribution in [0.5, 0.6) is 0 Å². The van der Waals surface area contributed by atoms with Gasteiger partial charge < -0.3 is 15.2 Å². The van der Waals surface area contributed by atoms with Crippen LogP contribution in [0.3, 0.4) is 0 Å². The van der Waals surface area contributed by atoms with Gasteiger partial charge in [-0.05, 0) is 11.3 Å². The monoisotopic (exact) mass is 217 g/mol. The second-order valence-electron chi connectivity index (χ2n) is 4.53. The van der Waals surface area contributed by atoms with Gasteiger partial charge in [0.05, 0.1) is 13.5 Å². The summed E-state index contributed by atoms with van der Waals surface area (Å²) in [4.78, 5) is 21.5. The van der Waals surface area contributed by atoms with Crippen LogP contribution in [0.25, 0.3) is 0 Å². The molecule has 15 heavy (non-hydrogen) atoms. The van der Waals surface area contributed by atoms with Crippen molar-refractivity contribution in [3.8, 4) is 0 Å². The highest BCUT2D eigenvalue weighted by atomic mass is 16.5. The van der Waals surface area contributed by atoms with Crippen LogP contribution in [0.15, 0.2) is 0 Å². The predicted molar refractivity (Wildman–Crippen MR) is 55.6 cm³/mol. The van der Waals surface area contributed by atoms with Crippen molar-refractivity contribution in [2.45, 2.75) is 27.2 Å². The van der Waals surface area contributed by atoms with Gasteiger partial charge in [-0.2, -0.15) is 0 Å². The number of hydrogen-bond acceptors (Lipinski definition) is 3. The van der Waals surface area contributed by atoms with Crippen LogP contribution in [-0.4, -0.2) is 30.8 Å². The standard InChI is InChI=1S/C10H19NO4/c1-10(2,3)7(5-8(12)13)6-11-9(14)15-4/h7H,5-6H2,1-4H3,(H,11,14)(H,12,13). The van der Waals surface area contributed by atoms with E-state index in [9.17, 15) is 9.59 Å². The maximum atomic E-state index is 10.8. The minimum absolute atomic E-state index is 0.0352. The van der Waals surface area contributed by atoms with Crippen LogP contribution < -0.4 is 5.32 Å². The molecule has 0 aromatic heterocycles. The van der Waals surface area contributed by atoms with E-state index >= 15 is 0 Å². The average Bonchev–Trinajstić information content (AvgIpc) is 2.09. The highest BCUT2D eigenvalue weighted by molar-refractivity contribution is 5.68. The molecule has 1 atom stereocenters. The SMILES string of the molecule is COC(=O)NCC(CC(=O)O)C(C)(C)C. The number of carbonyl (C=O) groups is 2. The second-order valence-corrected chi connectivity index (χ2v) is 4.53. The number of amides is 1. The van der Waals surface area contributed by atoms with Gasteiger partial charge in [-0.25, -0.2) is 4.79 Å². The van der Waals surface area contributed by atoms with E-state index in [4.69, 9.17) is 5.11 Å². The van der Waals surface area contributed by atoms with Crippen molar-refractivity contribution in [1.29, 1.82) is 0 Å². The molecule has 0 heterocycles. The summed E-state index contributed by atoms with van der Waals surface area (Å²) in [7, 11) is 1.28. The molecular weight excluding hydrogens is 198 g/mol. The molecule has 0 radical (unpaired) electrons. The first kappa shape index (κ1) is 13.7. The molecule has 2 N–H and O–H groups in total. The molecule has 0 aliphatic carbocycles. The van der Waals surface area contributed by atoms with E-state index in [2.05, 4.69) is 10.1 Å². The van der Waals surface area contributed by atoms with Crippen molar-refractivity contribution >= 4 is 12.1 Å². The van der Waals surface area contributed by atoms with Crippen LogP contribution in [0, 0.1) is 11.3 Å². The van der Waals surface area contributed by atoms with Crippen LogP contribution in [-0.2, 0) is 9.53 Å². The van der Waals surface area contributed by atoms with Gasteiger partial charge in [0, 0.05) is 6.54 Å². The Morgan fingerprint density at radius 2 is 1.93 bits per heavy atom. The largest absolute Gasteiger partial charge is 0.481 e. The zero-order valence-electron chi connectivity index (χ0n) is 9.66. The number of hydrogen-bond donors (Lipinski definition) is 2. The normalized spacial score (nSPS) is 13.1. The molecule has 0 saturated carbocycles. The molecular formula is C10H19NO4. The summed E-state index contributed by atoms with van der Waals surface area (Å²) < 4.78 is 4.42. The van der Waals surface area contributed by atoms with Gasteiger partial charge in [0.1, 0.15) is 0 Å². The smallest absolute Gasteiger partial charge is 0.406 e. The quantitative estimate of drug-likeness (QED) is 0.747. The molecule has 1 amide bonds. The summed E-state index contributed by atoms with van der Waals surface area (Å²) in [6.07, 6.45) is -0.498. The van der Waals surface area contributed by atoms with Gasteiger partial charge >= 0.3 is 12.1 Å². The molecule has 0 aliphatic rings. The third-order valence-electron chi connectivity index (χ3n) is 2.32. The third kappa shape index (κ3) is 5.93. The van der Waals surface area contributed by atoms with Gasteiger partial charge in [-0.3, -0.25) is 4.79 Å². The Bertz CT molecular complexity index is 232. The van der Waals surface area contributed by atoms with Gasteiger partial charge in [-0.15, -0.1) is 0 Å². The highest BCUT2D eigenvalue weighted by Gasteiger charge is 2.27. The van der Waals surface area contributed by atoms with E-state index < -0.39 is 12.1 Å². The fourth-order valence-corrected chi connectivity index (χ4v) is 1.17. The molecule has 0 aromatic rings. The topological polar surface area (TPSA) is 75.6 Å². The van der Waals surface area contributed by atoms with Crippen molar-refractivity contribution in [3.63, 3.8) is 0 Å². The summed E-state index contributed by atoms with van der Waals surface area (Å²) in [5, 5.41) is 11.2. The first-order valence-corrected chi connectivity index (χ1v) is 4.81. The molecule has 0 bridgehead atoms. The van der Waals surface area contributed by atoms with E-state index in [-0.39, 0.29) is 17.8 Å². The van der Waals surface area contributed by atoms with E-state index in [0.717, 1.165) is 0 Å². The molecule has 5 nitrogen and oxygen atoms in total. The predicted octanol–water partition coefficient (Wildman–Crippen LogP) is 1.48. The Kier molecular flexibility index (Phi) is 5.11. The second kappa shape index (κ2) is 5.58. The summed E-state index contributed by atoms with van der Waals surface area (Å²) in [6, 6.07) is 0. The number of rotatable bonds is 4. The Balaban J connectivity index is 4.26. The van der Waals surface area contributed by atoms with Crippen molar-refractivity contribution < 1.29 is 19.4 Å². The zero-order valence-corrected chi connectivity index (χ0v) is 9.66. The highest BCUT2D eigenvalue weighted by Crippen LogP contribution is 2.28. The zero-order chi connectivity index (χ0) is 12.1. The summed E-state index contributed by atoms with van der Waals surface area (Å²) >= 11 is 0. The lowest BCUT2D eigenvalue weighted by molar-refractivity contribution is -0.139. The number of alkyl carbamates (subject to hydrolysis) is 1. The van der Waals surface area contributed by atoms with Crippen LogP contribution in [0.1, 0.15) is 27.2 Å². The molecule has 0 aliphatic heterocycles. The lowest BCUT2D eigenvalue weighted by Gasteiger charge is -2.29. The summed E-state index contributed by atoms with van der Waals surface area (Å²) in [6.45, 7) is 6.14. The van der Waals surface area contributed by atoms with E-state index in [1.54, 1.807) is 0 Å². The van der Waals surface area contributed by atoms with Crippen LogP contribution >= 0.6 is 0 Å². The fraction of sp³-hybridized carbons (Fsp3) is 0.800. The summed E-state index contributed by atoms with van der Waals surface area (Å²) in [5.74, 6) is -0.976. The van der Waals surface area contributed by atoms with Crippen molar-refractivity contribution in [3.05, 3.63) is 0 Å². The van der Waals surface area contributed by atoms with Gasteiger partial charge in [0.15, 0.2) is 0 Å². The Labute approximate surface area is 89.8 Å². The minimum atomic E-state index is -0.860.